The van der Waals surface area contributed by atoms with Crippen LogP contribution in [0.5, 0.6) is 0 Å². The summed E-state index contributed by atoms with van der Waals surface area (Å²) < 4.78 is 10.8. The maximum atomic E-state index is 12.4. The van der Waals surface area contributed by atoms with E-state index in [1.807, 2.05) is 30.3 Å². The maximum absolute atomic E-state index is 12.4. The van der Waals surface area contributed by atoms with Crippen molar-refractivity contribution >= 4 is 12.0 Å². The molecule has 130 valence electrons. The Balaban J connectivity index is 1.55. The van der Waals surface area contributed by atoms with Crippen molar-refractivity contribution in [3.63, 3.8) is 0 Å². The highest BCUT2D eigenvalue weighted by Crippen LogP contribution is 2.37. The summed E-state index contributed by atoms with van der Waals surface area (Å²) in [4.78, 5) is 31.3. The monoisotopic (exact) mass is 334 g/mol. The molecule has 0 radical (unpaired) electrons. The number of hydrogen-bond donors (Lipinski definition) is 1. The molecule has 1 aromatic carbocycles. The number of benzene rings is 1. The van der Waals surface area contributed by atoms with Crippen LogP contribution in [0.25, 0.3) is 0 Å². The Bertz CT molecular complexity index is 613. The molecule has 24 heavy (non-hydrogen) atoms. The Morgan fingerprint density at radius 1 is 1.29 bits per heavy atom. The zero-order chi connectivity index (χ0) is 17.3. The first-order chi connectivity index (χ1) is 11.3. The van der Waals surface area contributed by atoms with Crippen LogP contribution in [0.1, 0.15) is 26.3 Å². The fourth-order valence-electron chi connectivity index (χ4n) is 2.69. The fourth-order valence-corrected chi connectivity index (χ4v) is 2.69. The molecule has 0 aliphatic carbocycles. The molecule has 2 amide bonds. The molecule has 0 aromatic heterocycles. The predicted octanol–water partition coefficient (Wildman–Crippen LogP) is 1.62. The molecule has 0 bridgehead atoms. The minimum Gasteiger partial charge on any atom is -0.444 e. The third-order valence-corrected chi connectivity index (χ3v) is 3.80. The summed E-state index contributed by atoms with van der Waals surface area (Å²) in [6, 6.07) is 8.77. The van der Waals surface area contributed by atoms with Gasteiger partial charge in [0.2, 0.25) is 0 Å². The van der Waals surface area contributed by atoms with E-state index in [9.17, 15) is 9.59 Å². The molecule has 1 aromatic rings. The number of ether oxygens (including phenoxy) is 2. The van der Waals surface area contributed by atoms with E-state index >= 15 is 0 Å². The van der Waals surface area contributed by atoms with Crippen LogP contribution in [0.15, 0.2) is 30.3 Å². The molecule has 1 N–H and O–H groups in total. The predicted molar refractivity (Wildman–Crippen MR) is 84.8 cm³/mol. The van der Waals surface area contributed by atoms with Crippen molar-refractivity contribution in [2.75, 3.05) is 6.54 Å². The summed E-state index contributed by atoms with van der Waals surface area (Å²) >= 11 is 0. The lowest BCUT2D eigenvalue weighted by atomic mass is 10.2. The van der Waals surface area contributed by atoms with Crippen molar-refractivity contribution in [1.29, 1.82) is 0 Å². The quantitative estimate of drug-likeness (QED) is 0.668. The van der Waals surface area contributed by atoms with Crippen LogP contribution < -0.4 is 5.48 Å². The molecule has 2 saturated heterocycles. The average Bonchev–Trinajstić information content (AvgIpc) is 3.16. The molecule has 3 rings (SSSR count). The second kappa shape index (κ2) is 6.41. The molecular weight excluding hydrogens is 312 g/mol. The molecule has 7 heteroatoms. The minimum atomic E-state index is -0.722. The van der Waals surface area contributed by atoms with Crippen LogP contribution in [0.2, 0.25) is 0 Å². The Morgan fingerprint density at radius 3 is 2.67 bits per heavy atom. The third-order valence-electron chi connectivity index (χ3n) is 3.80. The zero-order valence-electron chi connectivity index (χ0n) is 14.0. The molecule has 0 unspecified atom stereocenters. The Hall–Kier alpha value is -2.12. The van der Waals surface area contributed by atoms with Crippen molar-refractivity contribution < 1.29 is 23.9 Å². The van der Waals surface area contributed by atoms with Crippen LogP contribution >= 0.6 is 0 Å². The van der Waals surface area contributed by atoms with Gasteiger partial charge in [-0.3, -0.25) is 14.5 Å². The molecule has 7 nitrogen and oxygen atoms in total. The van der Waals surface area contributed by atoms with Crippen molar-refractivity contribution in [3.05, 3.63) is 35.9 Å². The Morgan fingerprint density at radius 2 is 2.00 bits per heavy atom. The highest BCUT2D eigenvalue weighted by Gasteiger charge is 2.60. The number of epoxide rings is 1. The maximum Gasteiger partial charge on any atom is 0.411 e. The minimum absolute atomic E-state index is 0.0950. The van der Waals surface area contributed by atoms with Gasteiger partial charge >= 0.3 is 6.09 Å². The normalized spacial score (nSPS) is 25.1. The second-order valence-corrected chi connectivity index (χ2v) is 6.96. The van der Waals surface area contributed by atoms with Gasteiger partial charge < -0.3 is 9.47 Å². The number of likely N-dealkylation sites (tertiary alicyclic amines) is 1. The largest absolute Gasteiger partial charge is 0.444 e. The van der Waals surface area contributed by atoms with Gasteiger partial charge in [-0.05, 0) is 26.3 Å². The van der Waals surface area contributed by atoms with Gasteiger partial charge in [0.1, 0.15) is 23.9 Å². The van der Waals surface area contributed by atoms with Crippen molar-refractivity contribution in [3.8, 4) is 0 Å². The first-order valence-electron chi connectivity index (χ1n) is 7.96. The highest BCUT2D eigenvalue weighted by atomic mass is 16.7. The molecule has 2 fully saturated rings. The van der Waals surface area contributed by atoms with Crippen LogP contribution in [-0.2, 0) is 25.7 Å². The van der Waals surface area contributed by atoms with Crippen LogP contribution in [-0.4, -0.2) is 47.3 Å². The standard InChI is InChI=1S/C17H22N2O5/c1-17(2,3)24-16(21)19-9-12-14(23-12)13(19)15(20)18-22-10-11-7-5-4-6-8-11/h4-8,12-14H,9-10H2,1-3H3,(H,18,20)/t12-,13+,14-/m1/s1. The Kier molecular flexibility index (Phi) is 4.47. The topological polar surface area (TPSA) is 80.4 Å². The highest BCUT2D eigenvalue weighted by molar-refractivity contribution is 5.87. The number of rotatable bonds is 4. The van der Waals surface area contributed by atoms with Gasteiger partial charge in [0.25, 0.3) is 5.91 Å². The average molecular weight is 334 g/mol. The van der Waals surface area contributed by atoms with Gasteiger partial charge in [0, 0.05) is 0 Å². The molecule has 0 saturated carbocycles. The van der Waals surface area contributed by atoms with E-state index in [0.717, 1.165) is 5.56 Å². The van der Waals surface area contributed by atoms with Gasteiger partial charge in [-0.1, -0.05) is 30.3 Å². The van der Waals surface area contributed by atoms with Gasteiger partial charge in [0.05, 0.1) is 13.2 Å². The van der Waals surface area contributed by atoms with E-state index in [1.54, 1.807) is 20.8 Å². The first kappa shape index (κ1) is 16.7. The lowest BCUT2D eigenvalue weighted by Crippen LogP contribution is -2.50. The van der Waals surface area contributed by atoms with Gasteiger partial charge in [0.15, 0.2) is 0 Å². The number of nitrogens with zero attached hydrogens (tertiary/aromatic N) is 1. The van der Waals surface area contributed by atoms with E-state index in [-0.39, 0.29) is 18.8 Å². The van der Waals surface area contributed by atoms with E-state index < -0.39 is 23.6 Å². The molecule has 2 aliphatic heterocycles. The van der Waals surface area contributed by atoms with Crippen LogP contribution in [0.3, 0.4) is 0 Å². The second-order valence-electron chi connectivity index (χ2n) is 6.96. The van der Waals surface area contributed by atoms with Gasteiger partial charge in [-0.25, -0.2) is 10.3 Å². The smallest absolute Gasteiger partial charge is 0.411 e. The number of fused-ring (bicyclic) bond motifs is 1. The van der Waals surface area contributed by atoms with E-state index in [1.165, 1.54) is 4.90 Å². The summed E-state index contributed by atoms with van der Waals surface area (Å²) in [5, 5.41) is 0. The Labute approximate surface area is 140 Å². The zero-order valence-corrected chi connectivity index (χ0v) is 14.0. The number of morpholine rings is 1. The number of amides is 2. The summed E-state index contributed by atoms with van der Waals surface area (Å²) in [5.41, 5.74) is 2.73. The van der Waals surface area contributed by atoms with Crippen LogP contribution in [0.4, 0.5) is 4.79 Å². The summed E-state index contributed by atoms with van der Waals surface area (Å²) in [6.45, 7) is 5.97. The number of nitrogens with one attached hydrogen (secondary N) is 1. The molecule has 0 spiro atoms. The van der Waals surface area contributed by atoms with Crippen molar-refractivity contribution in [2.45, 2.75) is 51.2 Å². The van der Waals surface area contributed by atoms with Crippen molar-refractivity contribution in [2.24, 2.45) is 0 Å². The first-order valence-corrected chi connectivity index (χ1v) is 7.96. The summed E-state index contributed by atoms with van der Waals surface area (Å²) in [5.74, 6) is -0.401. The molecule has 2 heterocycles. The van der Waals surface area contributed by atoms with E-state index in [0.29, 0.717) is 6.54 Å². The molecule has 2 aliphatic rings. The van der Waals surface area contributed by atoms with E-state index in [4.69, 9.17) is 14.3 Å². The van der Waals surface area contributed by atoms with Gasteiger partial charge in [-0.15, -0.1) is 0 Å². The third kappa shape index (κ3) is 3.85. The van der Waals surface area contributed by atoms with E-state index in [2.05, 4.69) is 5.48 Å². The molecular formula is C17H22N2O5. The van der Waals surface area contributed by atoms with Gasteiger partial charge in [-0.2, -0.15) is 0 Å². The molecule has 3 atom stereocenters. The summed E-state index contributed by atoms with van der Waals surface area (Å²) in [6.07, 6.45) is -0.887. The lowest BCUT2D eigenvalue weighted by molar-refractivity contribution is -0.140. The number of hydrogen-bond acceptors (Lipinski definition) is 5. The SMILES string of the molecule is CC(C)(C)OC(=O)N1C[C@H]2O[C@H]2[C@H]1C(=O)NOCc1ccccc1. The number of carbonyl (C=O) groups excluding carboxylic acids is 2. The lowest BCUT2D eigenvalue weighted by Gasteiger charge is -2.29. The fraction of sp³-hybridized carbons (Fsp3) is 0.529. The van der Waals surface area contributed by atoms with Crippen LogP contribution in [0, 0.1) is 0 Å². The number of hydroxylamine groups is 1. The van der Waals surface area contributed by atoms with Crippen molar-refractivity contribution in [1.82, 2.24) is 10.4 Å². The summed E-state index contributed by atoms with van der Waals surface area (Å²) in [7, 11) is 0. The number of carbonyl (C=O) groups is 2.